The van der Waals surface area contributed by atoms with Crippen LogP contribution in [0.1, 0.15) is 49.7 Å². The van der Waals surface area contributed by atoms with Gasteiger partial charge in [-0.15, -0.1) is 0 Å². The molecule has 5 heteroatoms. The summed E-state index contributed by atoms with van der Waals surface area (Å²) in [6, 6.07) is 15.5. The van der Waals surface area contributed by atoms with Crippen molar-refractivity contribution in [2.45, 2.75) is 64.1 Å². The molecule has 1 unspecified atom stereocenters. The second kappa shape index (κ2) is 9.84. The number of hydrogen-bond donors (Lipinski definition) is 2. The van der Waals surface area contributed by atoms with Crippen molar-refractivity contribution >= 4 is 17.6 Å². The SMILES string of the molecule is Cc1ccc(-c2cccc(CN3CCCC(NC(=O)NC4CCCC4)C3)c2)cc1Cl. The van der Waals surface area contributed by atoms with Crippen molar-refractivity contribution in [3.05, 3.63) is 58.6 Å². The van der Waals surface area contributed by atoms with E-state index in [1.807, 2.05) is 13.0 Å². The first kappa shape index (κ1) is 21.2. The van der Waals surface area contributed by atoms with Crippen LogP contribution in [0.5, 0.6) is 0 Å². The normalized spacial score (nSPS) is 20.3. The van der Waals surface area contributed by atoms with Crippen molar-refractivity contribution in [1.29, 1.82) is 0 Å². The Morgan fingerprint density at radius 2 is 1.73 bits per heavy atom. The Hall–Kier alpha value is -2.04. The van der Waals surface area contributed by atoms with E-state index < -0.39 is 0 Å². The Balaban J connectivity index is 1.34. The number of nitrogens with one attached hydrogen (secondary N) is 2. The van der Waals surface area contributed by atoms with Crippen LogP contribution in [0.15, 0.2) is 42.5 Å². The highest BCUT2D eigenvalue weighted by atomic mass is 35.5. The predicted molar refractivity (Wildman–Crippen MR) is 124 cm³/mol. The van der Waals surface area contributed by atoms with Gasteiger partial charge >= 0.3 is 6.03 Å². The van der Waals surface area contributed by atoms with Crippen LogP contribution in [0.4, 0.5) is 4.79 Å². The van der Waals surface area contributed by atoms with Gasteiger partial charge in [0.25, 0.3) is 0 Å². The number of aryl methyl sites for hydroxylation is 1. The molecule has 1 heterocycles. The lowest BCUT2D eigenvalue weighted by Crippen LogP contribution is -2.51. The van der Waals surface area contributed by atoms with E-state index in [0.29, 0.717) is 6.04 Å². The molecule has 1 saturated heterocycles. The third kappa shape index (κ3) is 5.55. The number of amides is 2. The van der Waals surface area contributed by atoms with Gasteiger partial charge < -0.3 is 10.6 Å². The van der Waals surface area contributed by atoms with Crippen LogP contribution in [0.3, 0.4) is 0 Å². The van der Waals surface area contributed by atoms with Crippen LogP contribution in [-0.4, -0.2) is 36.1 Å². The van der Waals surface area contributed by atoms with Crippen molar-refractivity contribution in [1.82, 2.24) is 15.5 Å². The minimum absolute atomic E-state index is 0.00648. The molecule has 1 aliphatic heterocycles. The maximum absolute atomic E-state index is 12.3. The average molecular weight is 426 g/mol. The fourth-order valence-electron chi connectivity index (χ4n) is 4.68. The van der Waals surface area contributed by atoms with E-state index in [4.69, 9.17) is 11.6 Å². The molecule has 2 aromatic carbocycles. The first-order valence-corrected chi connectivity index (χ1v) is 11.6. The number of urea groups is 1. The van der Waals surface area contributed by atoms with Crippen molar-refractivity contribution in [2.75, 3.05) is 13.1 Å². The van der Waals surface area contributed by atoms with Gasteiger partial charge in [-0.2, -0.15) is 0 Å². The third-order valence-electron chi connectivity index (χ3n) is 6.37. The Bertz CT molecular complexity index is 878. The molecule has 0 radical (unpaired) electrons. The predicted octanol–water partition coefficient (Wildman–Crippen LogP) is 5.52. The molecule has 2 N–H and O–H groups in total. The summed E-state index contributed by atoms with van der Waals surface area (Å²) in [5, 5.41) is 7.15. The average Bonchev–Trinajstić information content (AvgIpc) is 3.23. The van der Waals surface area contributed by atoms with Crippen LogP contribution < -0.4 is 10.6 Å². The van der Waals surface area contributed by atoms with Crippen molar-refractivity contribution < 1.29 is 4.79 Å². The molecule has 4 rings (SSSR count). The van der Waals surface area contributed by atoms with Gasteiger partial charge in [0.15, 0.2) is 0 Å². The molecular formula is C25H32ClN3O. The molecule has 1 atom stereocenters. The summed E-state index contributed by atoms with van der Waals surface area (Å²) in [7, 11) is 0. The van der Waals surface area contributed by atoms with E-state index in [1.165, 1.54) is 24.0 Å². The van der Waals surface area contributed by atoms with Gasteiger partial charge in [-0.3, -0.25) is 4.90 Å². The molecule has 0 bridgehead atoms. The summed E-state index contributed by atoms with van der Waals surface area (Å²) in [6.45, 7) is 4.90. The van der Waals surface area contributed by atoms with Gasteiger partial charge in [-0.1, -0.05) is 54.8 Å². The fourth-order valence-corrected chi connectivity index (χ4v) is 4.86. The number of carbonyl (C=O) groups excluding carboxylic acids is 1. The molecule has 30 heavy (non-hydrogen) atoms. The molecule has 4 nitrogen and oxygen atoms in total. The molecule has 2 aromatic rings. The smallest absolute Gasteiger partial charge is 0.315 e. The van der Waals surface area contributed by atoms with Crippen molar-refractivity contribution in [3.8, 4) is 11.1 Å². The third-order valence-corrected chi connectivity index (χ3v) is 6.78. The van der Waals surface area contributed by atoms with Crippen LogP contribution in [-0.2, 0) is 6.54 Å². The number of carbonyl (C=O) groups is 1. The number of hydrogen-bond acceptors (Lipinski definition) is 2. The zero-order chi connectivity index (χ0) is 20.9. The number of rotatable bonds is 5. The van der Waals surface area contributed by atoms with Gasteiger partial charge in [-0.25, -0.2) is 4.79 Å². The lowest BCUT2D eigenvalue weighted by atomic mass is 10.0. The fraction of sp³-hybridized carbons (Fsp3) is 0.480. The Morgan fingerprint density at radius 1 is 1.00 bits per heavy atom. The molecule has 2 amide bonds. The summed E-state index contributed by atoms with van der Waals surface area (Å²) < 4.78 is 0. The zero-order valence-corrected chi connectivity index (χ0v) is 18.5. The quantitative estimate of drug-likeness (QED) is 0.662. The molecule has 1 saturated carbocycles. The molecule has 2 fully saturated rings. The van der Waals surface area contributed by atoms with Gasteiger partial charge in [0, 0.05) is 30.2 Å². The van der Waals surface area contributed by atoms with Crippen molar-refractivity contribution in [2.24, 2.45) is 0 Å². The van der Waals surface area contributed by atoms with Gasteiger partial charge in [-0.05, 0) is 73.5 Å². The second-order valence-electron chi connectivity index (χ2n) is 8.84. The maximum Gasteiger partial charge on any atom is 0.315 e. The first-order valence-electron chi connectivity index (χ1n) is 11.2. The maximum atomic E-state index is 12.3. The highest BCUT2D eigenvalue weighted by Gasteiger charge is 2.23. The highest BCUT2D eigenvalue weighted by Crippen LogP contribution is 2.26. The highest BCUT2D eigenvalue weighted by molar-refractivity contribution is 6.31. The number of nitrogens with zero attached hydrogens (tertiary/aromatic N) is 1. The lowest BCUT2D eigenvalue weighted by molar-refractivity contribution is 0.179. The molecular weight excluding hydrogens is 394 g/mol. The van der Waals surface area contributed by atoms with Crippen LogP contribution >= 0.6 is 11.6 Å². The van der Waals surface area contributed by atoms with Crippen LogP contribution in [0.25, 0.3) is 11.1 Å². The van der Waals surface area contributed by atoms with E-state index >= 15 is 0 Å². The number of piperidine rings is 1. The number of benzene rings is 2. The van der Waals surface area contributed by atoms with Crippen molar-refractivity contribution in [3.63, 3.8) is 0 Å². The van der Waals surface area contributed by atoms with E-state index in [2.05, 4.69) is 51.9 Å². The standard InChI is InChI=1S/C25H32ClN3O/c1-18-11-12-21(15-24(18)26)20-7-4-6-19(14-20)16-29-13-5-10-23(17-29)28-25(30)27-22-8-2-3-9-22/h4,6-7,11-12,14-15,22-23H,2-3,5,8-10,13,16-17H2,1H3,(H2,27,28,30). The minimum Gasteiger partial charge on any atom is -0.335 e. The topological polar surface area (TPSA) is 44.4 Å². The summed E-state index contributed by atoms with van der Waals surface area (Å²) >= 11 is 6.32. The lowest BCUT2D eigenvalue weighted by Gasteiger charge is -2.33. The summed E-state index contributed by atoms with van der Waals surface area (Å²) in [5.41, 5.74) is 4.73. The van der Waals surface area contributed by atoms with Crippen LogP contribution in [0, 0.1) is 6.92 Å². The Kier molecular flexibility index (Phi) is 6.96. The van der Waals surface area contributed by atoms with E-state index in [-0.39, 0.29) is 12.1 Å². The molecule has 1 aliphatic carbocycles. The van der Waals surface area contributed by atoms with Crippen LogP contribution in [0.2, 0.25) is 5.02 Å². The monoisotopic (exact) mass is 425 g/mol. The second-order valence-corrected chi connectivity index (χ2v) is 9.24. The first-order chi connectivity index (χ1) is 14.6. The number of likely N-dealkylation sites (tertiary alicyclic amines) is 1. The van der Waals surface area contributed by atoms with Gasteiger partial charge in [0.1, 0.15) is 0 Å². The molecule has 2 aliphatic rings. The summed E-state index contributed by atoms with van der Waals surface area (Å²) in [6.07, 6.45) is 6.86. The number of halogens is 1. The zero-order valence-electron chi connectivity index (χ0n) is 17.8. The Morgan fingerprint density at radius 3 is 2.53 bits per heavy atom. The molecule has 160 valence electrons. The van der Waals surface area contributed by atoms with E-state index in [9.17, 15) is 4.79 Å². The Labute approximate surface area is 185 Å². The molecule has 0 spiro atoms. The summed E-state index contributed by atoms with van der Waals surface area (Å²) in [5.74, 6) is 0. The van der Waals surface area contributed by atoms with Gasteiger partial charge in [0.2, 0.25) is 0 Å². The summed E-state index contributed by atoms with van der Waals surface area (Å²) in [4.78, 5) is 14.8. The van der Waals surface area contributed by atoms with E-state index in [0.717, 1.165) is 61.5 Å². The largest absolute Gasteiger partial charge is 0.335 e. The minimum atomic E-state index is 0.00648. The van der Waals surface area contributed by atoms with E-state index in [1.54, 1.807) is 0 Å². The molecule has 0 aromatic heterocycles. The van der Waals surface area contributed by atoms with Gasteiger partial charge in [0.05, 0.1) is 0 Å².